The van der Waals surface area contributed by atoms with Crippen molar-refractivity contribution in [1.29, 1.82) is 0 Å². The third-order valence-corrected chi connectivity index (χ3v) is 6.23. The van der Waals surface area contributed by atoms with E-state index in [1.807, 2.05) is 31.2 Å². The number of likely N-dealkylation sites (tertiary alicyclic amines) is 1. The van der Waals surface area contributed by atoms with Gasteiger partial charge >= 0.3 is 0 Å². The number of pyridine rings is 1. The van der Waals surface area contributed by atoms with Crippen molar-refractivity contribution in [2.75, 3.05) is 18.4 Å². The van der Waals surface area contributed by atoms with Gasteiger partial charge in [-0.25, -0.2) is 4.39 Å². The second-order valence-corrected chi connectivity index (χ2v) is 8.72. The summed E-state index contributed by atoms with van der Waals surface area (Å²) in [5, 5.41) is 3.44. The lowest BCUT2D eigenvalue weighted by Crippen LogP contribution is -2.18. The fourth-order valence-electron chi connectivity index (χ4n) is 4.35. The summed E-state index contributed by atoms with van der Waals surface area (Å²) in [4.78, 5) is 19.5. The standard InChI is InChI=1S/C28H26FN3O/c1-19-4-6-21(7-5-19)22-8-10-23(11-9-22)28(33)31-25-13-12-24-16-20(17-30-27(24)26(25)29)18-32-14-2-3-15-32/h4-13,16-17H,2-3,14-15,18H2,1H3,(H,31,33). The van der Waals surface area contributed by atoms with E-state index >= 15 is 4.39 Å². The Labute approximate surface area is 193 Å². The third-order valence-electron chi connectivity index (χ3n) is 6.23. The molecule has 2 heterocycles. The lowest BCUT2D eigenvalue weighted by atomic mass is 10.0. The molecule has 1 aliphatic rings. The van der Waals surface area contributed by atoms with Crippen LogP contribution in [0.1, 0.15) is 34.3 Å². The number of halogens is 1. The first kappa shape index (κ1) is 21.3. The molecular formula is C28H26FN3O. The Morgan fingerprint density at radius 1 is 0.970 bits per heavy atom. The number of aryl methyl sites for hydroxylation is 1. The van der Waals surface area contributed by atoms with Gasteiger partial charge < -0.3 is 5.32 Å². The van der Waals surface area contributed by atoms with Gasteiger partial charge in [0.1, 0.15) is 5.52 Å². The van der Waals surface area contributed by atoms with Gasteiger partial charge in [-0.1, -0.05) is 48.0 Å². The van der Waals surface area contributed by atoms with E-state index < -0.39 is 5.82 Å². The molecule has 3 aromatic carbocycles. The van der Waals surface area contributed by atoms with Crippen LogP contribution in [-0.2, 0) is 6.54 Å². The molecule has 5 rings (SSSR count). The molecule has 1 aliphatic heterocycles. The summed E-state index contributed by atoms with van der Waals surface area (Å²) < 4.78 is 15.1. The van der Waals surface area contributed by atoms with Crippen molar-refractivity contribution >= 4 is 22.5 Å². The predicted octanol–water partition coefficient (Wildman–Crippen LogP) is 6.20. The molecule has 0 atom stereocenters. The Bertz CT molecular complexity index is 1290. The van der Waals surface area contributed by atoms with Crippen LogP contribution in [0.4, 0.5) is 10.1 Å². The van der Waals surface area contributed by atoms with E-state index in [1.54, 1.807) is 24.4 Å². The minimum Gasteiger partial charge on any atom is -0.319 e. The number of nitrogens with one attached hydrogen (secondary N) is 1. The van der Waals surface area contributed by atoms with E-state index in [0.29, 0.717) is 5.56 Å². The van der Waals surface area contributed by atoms with Crippen molar-refractivity contribution in [2.45, 2.75) is 26.3 Å². The first-order chi connectivity index (χ1) is 16.1. The monoisotopic (exact) mass is 439 g/mol. The van der Waals surface area contributed by atoms with Crippen LogP contribution < -0.4 is 5.32 Å². The van der Waals surface area contributed by atoms with Gasteiger partial charge in [-0.2, -0.15) is 0 Å². The second kappa shape index (κ2) is 9.12. The van der Waals surface area contributed by atoms with Crippen LogP contribution in [0.5, 0.6) is 0 Å². The number of benzene rings is 3. The summed E-state index contributed by atoms with van der Waals surface area (Å²) in [7, 11) is 0. The van der Waals surface area contributed by atoms with Crippen LogP contribution in [0.3, 0.4) is 0 Å². The molecule has 5 heteroatoms. The van der Waals surface area contributed by atoms with E-state index in [2.05, 4.69) is 39.5 Å². The Kier molecular flexibility index (Phi) is 5.88. The molecule has 1 fully saturated rings. The minimum absolute atomic E-state index is 0.134. The highest BCUT2D eigenvalue weighted by atomic mass is 19.1. The molecule has 1 aromatic heterocycles. The Balaban J connectivity index is 1.32. The van der Waals surface area contributed by atoms with Crippen molar-refractivity contribution in [3.05, 3.63) is 95.4 Å². The molecule has 33 heavy (non-hydrogen) atoms. The smallest absolute Gasteiger partial charge is 0.255 e. The number of anilines is 1. The first-order valence-electron chi connectivity index (χ1n) is 11.3. The second-order valence-electron chi connectivity index (χ2n) is 8.72. The number of hydrogen-bond acceptors (Lipinski definition) is 3. The molecule has 0 saturated carbocycles. The molecule has 1 amide bonds. The van der Waals surface area contributed by atoms with Gasteiger partial charge in [0.2, 0.25) is 0 Å². The van der Waals surface area contributed by atoms with Crippen molar-refractivity contribution in [1.82, 2.24) is 9.88 Å². The Morgan fingerprint density at radius 3 is 2.33 bits per heavy atom. The SMILES string of the molecule is Cc1ccc(-c2ccc(C(=O)Nc3ccc4cc(CN5CCCC5)cnc4c3F)cc2)cc1. The summed E-state index contributed by atoms with van der Waals surface area (Å²) in [5.41, 5.74) is 5.27. The van der Waals surface area contributed by atoms with Crippen molar-refractivity contribution in [2.24, 2.45) is 0 Å². The quantitative estimate of drug-likeness (QED) is 0.403. The van der Waals surface area contributed by atoms with E-state index in [1.165, 1.54) is 18.4 Å². The fourth-order valence-corrected chi connectivity index (χ4v) is 4.35. The van der Waals surface area contributed by atoms with E-state index in [0.717, 1.165) is 41.7 Å². The van der Waals surface area contributed by atoms with Crippen molar-refractivity contribution < 1.29 is 9.18 Å². The topological polar surface area (TPSA) is 45.2 Å². The van der Waals surface area contributed by atoms with Gasteiger partial charge in [-0.3, -0.25) is 14.7 Å². The van der Waals surface area contributed by atoms with Crippen LogP contribution >= 0.6 is 0 Å². The molecule has 4 nitrogen and oxygen atoms in total. The number of hydrogen-bond donors (Lipinski definition) is 1. The average Bonchev–Trinajstić information content (AvgIpc) is 3.34. The summed E-state index contributed by atoms with van der Waals surface area (Å²) in [6.07, 6.45) is 4.19. The lowest BCUT2D eigenvalue weighted by molar-refractivity contribution is 0.102. The van der Waals surface area contributed by atoms with Crippen molar-refractivity contribution in [3.8, 4) is 11.1 Å². The maximum atomic E-state index is 15.1. The third kappa shape index (κ3) is 4.64. The Morgan fingerprint density at radius 2 is 1.64 bits per heavy atom. The summed E-state index contributed by atoms with van der Waals surface area (Å²) in [6.45, 7) is 5.08. The lowest BCUT2D eigenvalue weighted by Gasteiger charge is -2.15. The number of amides is 1. The van der Waals surface area contributed by atoms with Gasteiger partial charge in [0.25, 0.3) is 5.91 Å². The highest BCUT2D eigenvalue weighted by Crippen LogP contribution is 2.26. The molecule has 0 aliphatic carbocycles. The maximum Gasteiger partial charge on any atom is 0.255 e. The highest BCUT2D eigenvalue weighted by molar-refractivity contribution is 6.05. The molecular weight excluding hydrogens is 413 g/mol. The van der Waals surface area contributed by atoms with E-state index in [9.17, 15) is 4.79 Å². The summed E-state index contributed by atoms with van der Waals surface area (Å²) >= 11 is 0. The highest BCUT2D eigenvalue weighted by Gasteiger charge is 2.15. The van der Waals surface area contributed by atoms with Crippen molar-refractivity contribution in [3.63, 3.8) is 0 Å². The van der Waals surface area contributed by atoms with Gasteiger partial charge in [0.15, 0.2) is 5.82 Å². The molecule has 0 spiro atoms. The van der Waals surface area contributed by atoms with Crippen LogP contribution in [0.15, 0.2) is 72.9 Å². The number of carbonyl (C=O) groups is 1. The normalized spacial score (nSPS) is 14.0. The van der Waals surface area contributed by atoms with Crippen LogP contribution in [0.2, 0.25) is 0 Å². The molecule has 0 bridgehead atoms. The predicted molar refractivity (Wildman–Crippen MR) is 131 cm³/mol. The molecule has 1 N–H and O–H groups in total. The number of nitrogens with zero attached hydrogens (tertiary/aromatic N) is 2. The number of rotatable bonds is 5. The molecule has 0 radical (unpaired) electrons. The first-order valence-corrected chi connectivity index (χ1v) is 11.3. The summed E-state index contributed by atoms with van der Waals surface area (Å²) in [5.74, 6) is -0.862. The maximum absolute atomic E-state index is 15.1. The summed E-state index contributed by atoms with van der Waals surface area (Å²) in [6, 6.07) is 20.9. The van der Waals surface area contributed by atoms with Gasteiger partial charge in [0, 0.05) is 23.7 Å². The van der Waals surface area contributed by atoms with E-state index in [-0.39, 0.29) is 17.1 Å². The molecule has 166 valence electrons. The van der Waals surface area contributed by atoms with E-state index in [4.69, 9.17) is 0 Å². The molecule has 4 aromatic rings. The minimum atomic E-state index is -0.509. The van der Waals surface area contributed by atoms with Crippen LogP contribution in [0, 0.1) is 12.7 Å². The van der Waals surface area contributed by atoms with Gasteiger partial charge in [-0.15, -0.1) is 0 Å². The number of fused-ring (bicyclic) bond motifs is 1. The molecule has 1 saturated heterocycles. The Hall–Kier alpha value is -3.57. The molecule has 0 unspecified atom stereocenters. The average molecular weight is 440 g/mol. The van der Waals surface area contributed by atoms with Gasteiger partial charge in [-0.05, 0) is 73.8 Å². The van der Waals surface area contributed by atoms with Gasteiger partial charge in [0.05, 0.1) is 5.69 Å². The number of carbonyl (C=O) groups excluding carboxylic acids is 1. The zero-order valence-electron chi connectivity index (χ0n) is 18.6. The van der Waals surface area contributed by atoms with Crippen LogP contribution in [0.25, 0.3) is 22.0 Å². The fraction of sp³-hybridized carbons (Fsp3) is 0.214. The van der Waals surface area contributed by atoms with Crippen LogP contribution in [-0.4, -0.2) is 28.9 Å². The largest absolute Gasteiger partial charge is 0.319 e. The zero-order valence-corrected chi connectivity index (χ0v) is 18.6. The zero-order chi connectivity index (χ0) is 22.8. The number of aromatic nitrogens is 1.